The molecule has 2 amide bonds. The molecule has 7 heteroatoms. The van der Waals surface area contributed by atoms with Crippen LogP contribution in [0.2, 0.25) is 0 Å². The highest BCUT2D eigenvalue weighted by molar-refractivity contribution is 5.98. The molecule has 0 radical (unpaired) electrons. The second-order valence-electron chi connectivity index (χ2n) is 4.86. The molecular formula is C13H15F2N3O2. The second kappa shape index (κ2) is 5.54. The van der Waals surface area contributed by atoms with Crippen molar-refractivity contribution in [3.63, 3.8) is 0 Å². The molecule has 1 aliphatic heterocycles. The SMILES string of the molecule is CC1CCNC1C(=O)Nc1cc(C(N)=O)c(F)cc1F. The Hall–Kier alpha value is -2.02. The number of benzene rings is 1. The highest BCUT2D eigenvalue weighted by atomic mass is 19.1. The Morgan fingerprint density at radius 3 is 2.60 bits per heavy atom. The Bertz CT molecular complexity index is 563. The van der Waals surface area contributed by atoms with E-state index in [1.54, 1.807) is 0 Å². The number of carbonyl (C=O) groups excluding carboxylic acids is 2. The minimum atomic E-state index is -1.06. The van der Waals surface area contributed by atoms with Gasteiger partial charge in [0, 0.05) is 6.07 Å². The standard InChI is InChI=1S/C13H15F2N3O2/c1-6-2-3-17-11(6)13(20)18-10-4-7(12(16)19)8(14)5-9(10)15/h4-6,11,17H,2-3H2,1H3,(H2,16,19)(H,18,20). The Morgan fingerprint density at radius 2 is 2.05 bits per heavy atom. The summed E-state index contributed by atoms with van der Waals surface area (Å²) in [6.45, 7) is 2.61. The molecule has 1 fully saturated rings. The Labute approximate surface area is 114 Å². The van der Waals surface area contributed by atoms with Crippen molar-refractivity contribution in [1.29, 1.82) is 0 Å². The van der Waals surface area contributed by atoms with Gasteiger partial charge in [0.2, 0.25) is 5.91 Å². The third-order valence-electron chi connectivity index (χ3n) is 3.40. The minimum Gasteiger partial charge on any atom is -0.366 e. The van der Waals surface area contributed by atoms with Crippen LogP contribution in [0.3, 0.4) is 0 Å². The Balaban J connectivity index is 2.22. The van der Waals surface area contributed by atoms with E-state index in [4.69, 9.17) is 5.73 Å². The van der Waals surface area contributed by atoms with Gasteiger partial charge >= 0.3 is 0 Å². The normalized spacial score (nSPS) is 21.8. The van der Waals surface area contributed by atoms with Crippen LogP contribution in [-0.4, -0.2) is 24.4 Å². The van der Waals surface area contributed by atoms with Crippen LogP contribution in [0.5, 0.6) is 0 Å². The molecule has 4 N–H and O–H groups in total. The first-order valence-electron chi connectivity index (χ1n) is 6.23. The van der Waals surface area contributed by atoms with E-state index in [1.807, 2.05) is 6.92 Å². The number of carbonyl (C=O) groups is 2. The van der Waals surface area contributed by atoms with Crippen LogP contribution in [0.15, 0.2) is 12.1 Å². The Morgan fingerprint density at radius 1 is 1.35 bits per heavy atom. The summed E-state index contributed by atoms with van der Waals surface area (Å²) in [7, 11) is 0. The summed E-state index contributed by atoms with van der Waals surface area (Å²) in [5.74, 6) is -3.33. The van der Waals surface area contributed by atoms with E-state index in [0.717, 1.165) is 12.5 Å². The fourth-order valence-corrected chi connectivity index (χ4v) is 2.23. The van der Waals surface area contributed by atoms with E-state index in [-0.39, 0.29) is 11.6 Å². The number of nitrogens with one attached hydrogen (secondary N) is 2. The molecule has 0 aliphatic carbocycles. The highest BCUT2D eigenvalue weighted by Crippen LogP contribution is 2.21. The maximum absolute atomic E-state index is 13.6. The Kier molecular flexibility index (Phi) is 3.99. The van der Waals surface area contributed by atoms with Gasteiger partial charge in [0.15, 0.2) is 0 Å². The van der Waals surface area contributed by atoms with Crippen LogP contribution < -0.4 is 16.4 Å². The highest BCUT2D eigenvalue weighted by Gasteiger charge is 2.30. The van der Waals surface area contributed by atoms with Gasteiger partial charge in [-0.1, -0.05) is 6.92 Å². The van der Waals surface area contributed by atoms with E-state index in [2.05, 4.69) is 10.6 Å². The molecule has 5 nitrogen and oxygen atoms in total. The fraction of sp³-hybridized carbons (Fsp3) is 0.385. The van der Waals surface area contributed by atoms with E-state index < -0.39 is 35.1 Å². The van der Waals surface area contributed by atoms with Gasteiger partial charge in [-0.3, -0.25) is 9.59 Å². The smallest absolute Gasteiger partial charge is 0.251 e. The van der Waals surface area contributed by atoms with Crippen LogP contribution in [-0.2, 0) is 4.79 Å². The van der Waals surface area contributed by atoms with Crippen molar-refractivity contribution in [1.82, 2.24) is 5.32 Å². The summed E-state index contributed by atoms with van der Waals surface area (Å²) in [6, 6.07) is 1.00. The lowest BCUT2D eigenvalue weighted by Gasteiger charge is -2.16. The summed E-state index contributed by atoms with van der Waals surface area (Å²) in [5, 5.41) is 5.35. The molecule has 0 bridgehead atoms. The van der Waals surface area contributed by atoms with Crippen LogP contribution in [0, 0.1) is 17.6 Å². The zero-order chi connectivity index (χ0) is 14.9. The van der Waals surface area contributed by atoms with Gasteiger partial charge in [-0.2, -0.15) is 0 Å². The summed E-state index contributed by atoms with van der Waals surface area (Å²) < 4.78 is 26.9. The molecule has 2 atom stereocenters. The van der Waals surface area contributed by atoms with Gasteiger partial charge in [-0.15, -0.1) is 0 Å². The van der Waals surface area contributed by atoms with Crippen molar-refractivity contribution in [3.8, 4) is 0 Å². The molecule has 2 rings (SSSR count). The van der Waals surface area contributed by atoms with Gasteiger partial charge in [0.05, 0.1) is 17.3 Å². The third-order valence-corrected chi connectivity index (χ3v) is 3.40. The van der Waals surface area contributed by atoms with Gasteiger partial charge < -0.3 is 16.4 Å². The molecule has 108 valence electrons. The zero-order valence-corrected chi connectivity index (χ0v) is 10.9. The lowest BCUT2D eigenvalue weighted by Crippen LogP contribution is -2.39. The van der Waals surface area contributed by atoms with Crippen LogP contribution in [0.4, 0.5) is 14.5 Å². The number of halogens is 2. The average Bonchev–Trinajstić information content (AvgIpc) is 2.78. The van der Waals surface area contributed by atoms with Gasteiger partial charge in [-0.05, 0) is 24.9 Å². The third kappa shape index (κ3) is 2.77. The molecule has 1 aliphatic rings. The van der Waals surface area contributed by atoms with Crippen molar-refractivity contribution >= 4 is 17.5 Å². The quantitative estimate of drug-likeness (QED) is 0.773. The first kappa shape index (κ1) is 14.4. The maximum Gasteiger partial charge on any atom is 0.251 e. The molecule has 1 aromatic rings. The number of hydrogen-bond donors (Lipinski definition) is 3. The molecular weight excluding hydrogens is 268 g/mol. The molecule has 0 spiro atoms. The minimum absolute atomic E-state index is 0.120. The summed E-state index contributed by atoms with van der Waals surface area (Å²) in [4.78, 5) is 23.0. The zero-order valence-electron chi connectivity index (χ0n) is 10.9. The van der Waals surface area contributed by atoms with Crippen molar-refractivity contribution in [2.24, 2.45) is 11.7 Å². The van der Waals surface area contributed by atoms with Gasteiger partial charge in [0.1, 0.15) is 11.6 Å². The maximum atomic E-state index is 13.6. The summed E-state index contributed by atoms with van der Waals surface area (Å²) in [6.07, 6.45) is 0.844. The first-order valence-corrected chi connectivity index (χ1v) is 6.23. The van der Waals surface area contributed by atoms with E-state index in [1.165, 1.54) is 0 Å². The molecule has 0 aromatic heterocycles. The molecule has 1 aromatic carbocycles. The van der Waals surface area contributed by atoms with E-state index in [9.17, 15) is 18.4 Å². The number of nitrogens with two attached hydrogens (primary N) is 1. The molecule has 1 saturated heterocycles. The van der Waals surface area contributed by atoms with Crippen molar-refractivity contribution in [3.05, 3.63) is 29.3 Å². The van der Waals surface area contributed by atoms with Crippen molar-refractivity contribution in [2.75, 3.05) is 11.9 Å². The molecule has 2 unspecified atom stereocenters. The van der Waals surface area contributed by atoms with Gasteiger partial charge in [0.25, 0.3) is 5.91 Å². The largest absolute Gasteiger partial charge is 0.366 e. The first-order chi connectivity index (χ1) is 9.40. The topological polar surface area (TPSA) is 84.2 Å². The van der Waals surface area contributed by atoms with E-state index in [0.29, 0.717) is 12.6 Å². The van der Waals surface area contributed by atoms with Crippen LogP contribution in [0.1, 0.15) is 23.7 Å². The monoisotopic (exact) mass is 283 g/mol. The molecule has 20 heavy (non-hydrogen) atoms. The van der Waals surface area contributed by atoms with Gasteiger partial charge in [-0.25, -0.2) is 8.78 Å². The summed E-state index contributed by atoms with van der Waals surface area (Å²) >= 11 is 0. The van der Waals surface area contributed by atoms with Crippen LogP contribution in [0.25, 0.3) is 0 Å². The molecule has 0 saturated carbocycles. The second-order valence-corrected chi connectivity index (χ2v) is 4.86. The summed E-state index contributed by atoms with van der Waals surface area (Å²) in [5.41, 5.74) is 4.26. The van der Waals surface area contributed by atoms with Crippen LogP contribution >= 0.6 is 0 Å². The number of hydrogen-bond acceptors (Lipinski definition) is 3. The van der Waals surface area contributed by atoms with E-state index >= 15 is 0 Å². The number of primary amides is 1. The van der Waals surface area contributed by atoms with Crippen molar-refractivity contribution < 1.29 is 18.4 Å². The number of rotatable bonds is 3. The fourth-order valence-electron chi connectivity index (χ4n) is 2.23. The number of anilines is 1. The predicted molar refractivity (Wildman–Crippen MR) is 69.1 cm³/mol. The lowest BCUT2D eigenvalue weighted by atomic mass is 10.0. The number of amides is 2. The lowest BCUT2D eigenvalue weighted by molar-refractivity contribution is -0.118. The molecule has 1 heterocycles. The van der Waals surface area contributed by atoms with Crippen molar-refractivity contribution in [2.45, 2.75) is 19.4 Å². The average molecular weight is 283 g/mol. The predicted octanol–water partition coefficient (Wildman–Crippen LogP) is 1.00.